The predicted octanol–water partition coefficient (Wildman–Crippen LogP) is -0.314. The molecule has 0 aromatic heterocycles. The number of hydrogen-bond donors (Lipinski definition) is 6. The molecule has 8 heteroatoms. The molecule has 3 fully saturated rings. The van der Waals surface area contributed by atoms with E-state index in [1.165, 1.54) is 0 Å². The summed E-state index contributed by atoms with van der Waals surface area (Å²) < 4.78 is 11.7. The Kier molecular flexibility index (Phi) is 6.50. The molecule has 3 rings (SSSR count). The van der Waals surface area contributed by atoms with Crippen molar-refractivity contribution in [1.29, 1.82) is 0 Å². The molecule has 0 radical (unpaired) electrons. The summed E-state index contributed by atoms with van der Waals surface area (Å²) >= 11 is 0. The Bertz CT molecular complexity index is 611. The molecule has 1 heterocycles. The molecule has 1 saturated heterocycles. The number of aliphatic hydroxyl groups is 6. The van der Waals surface area contributed by atoms with Gasteiger partial charge in [0.05, 0.1) is 24.4 Å². The quantitative estimate of drug-likeness (QED) is 0.343. The number of fused-ring (bicyclic) bond motifs is 1. The van der Waals surface area contributed by atoms with Crippen LogP contribution < -0.4 is 0 Å². The first kappa shape index (κ1) is 23.1. The Morgan fingerprint density at radius 3 is 2.34 bits per heavy atom. The molecule has 6 N–H and O–H groups in total. The minimum atomic E-state index is -1.54. The second-order valence-electron chi connectivity index (χ2n) is 9.72. The van der Waals surface area contributed by atoms with Gasteiger partial charge in [-0.3, -0.25) is 0 Å². The summed E-state index contributed by atoms with van der Waals surface area (Å²) in [4.78, 5) is 0. The van der Waals surface area contributed by atoms with E-state index >= 15 is 0 Å². The molecule has 0 aromatic carbocycles. The summed E-state index contributed by atoms with van der Waals surface area (Å²) in [5, 5.41) is 61.5. The maximum atomic E-state index is 10.9. The summed E-state index contributed by atoms with van der Waals surface area (Å²) in [6.07, 6.45) is -5.98. The highest BCUT2D eigenvalue weighted by Crippen LogP contribution is 2.57. The highest BCUT2D eigenvalue weighted by molar-refractivity contribution is 5.13. The standard InChI is InChI=1S/C21H36O8/c1-10(2)11-7-14-20(3,8-12(11)23)6-5-15(24)21(14,4)29-19-18(27)17(26)16(25)13(9-22)28-19/h11-19,22-27H,1,5-9H2,2-4H3/t11-,12+,13+,14+,15-,16+,17-,18+,19-,20+,21-/m0/s1. The second kappa shape index (κ2) is 8.16. The lowest BCUT2D eigenvalue weighted by Gasteiger charge is -2.59. The summed E-state index contributed by atoms with van der Waals surface area (Å²) in [6, 6.07) is 0. The SMILES string of the molecule is C=C(C)[C@@H]1C[C@@H]2[C@](C)(CC[C@H](O)[C@@]2(C)O[C@@H]2O[C@H](CO)[C@@H](O)[C@H](O)[C@H]2O)C[C@H]1O. The van der Waals surface area contributed by atoms with Gasteiger partial charge in [-0.25, -0.2) is 0 Å². The fraction of sp³-hybridized carbons (Fsp3) is 0.905. The molecule has 11 atom stereocenters. The Labute approximate surface area is 171 Å². The summed E-state index contributed by atoms with van der Waals surface area (Å²) in [5.41, 5.74) is -0.531. The summed E-state index contributed by atoms with van der Waals surface area (Å²) in [7, 11) is 0. The smallest absolute Gasteiger partial charge is 0.187 e. The van der Waals surface area contributed by atoms with E-state index in [4.69, 9.17) is 9.47 Å². The first-order valence-corrected chi connectivity index (χ1v) is 10.4. The van der Waals surface area contributed by atoms with E-state index in [0.29, 0.717) is 19.3 Å². The van der Waals surface area contributed by atoms with Crippen molar-refractivity contribution in [2.45, 2.75) is 95.0 Å². The van der Waals surface area contributed by atoms with Gasteiger partial charge < -0.3 is 40.1 Å². The third-order valence-corrected chi connectivity index (χ3v) is 7.66. The van der Waals surface area contributed by atoms with Crippen LogP contribution in [-0.2, 0) is 9.47 Å². The number of rotatable bonds is 4. The molecular formula is C21H36O8. The average Bonchev–Trinajstić information content (AvgIpc) is 2.65. The third-order valence-electron chi connectivity index (χ3n) is 7.66. The maximum absolute atomic E-state index is 10.9. The molecule has 1 aliphatic heterocycles. The first-order chi connectivity index (χ1) is 13.4. The number of aliphatic hydroxyl groups excluding tert-OH is 6. The topological polar surface area (TPSA) is 140 Å². The average molecular weight is 417 g/mol. The second-order valence-corrected chi connectivity index (χ2v) is 9.72. The third kappa shape index (κ3) is 3.90. The van der Waals surface area contributed by atoms with E-state index in [1.807, 2.05) is 6.92 Å². The van der Waals surface area contributed by atoms with Crippen molar-refractivity contribution in [3.63, 3.8) is 0 Å². The van der Waals surface area contributed by atoms with E-state index in [0.717, 1.165) is 12.0 Å². The lowest BCUT2D eigenvalue weighted by atomic mass is 9.51. The van der Waals surface area contributed by atoms with Crippen LogP contribution in [0.4, 0.5) is 0 Å². The molecular weight excluding hydrogens is 380 g/mol. The van der Waals surface area contributed by atoms with Crippen molar-refractivity contribution in [3.8, 4) is 0 Å². The summed E-state index contributed by atoms with van der Waals surface area (Å²) in [5.74, 6) is -0.285. The molecule has 2 aliphatic carbocycles. The highest BCUT2D eigenvalue weighted by atomic mass is 16.7. The Morgan fingerprint density at radius 2 is 1.76 bits per heavy atom. The Hall–Kier alpha value is -0.580. The largest absolute Gasteiger partial charge is 0.394 e. The lowest BCUT2D eigenvalue weighted by molar-refractivity contribution is -0.353. The van der Waals surface area contributed by atoms with E-state index < -0.39 is 55.1 Å². The van der Waals surface area contributed by atoms with Crippen molar-refractivity contribution < 1.29 is 40.1 Å². The van der Waals surface area contributed by atoms with Gasteiger partial charge in [0.15, 0.2) is 6.29 Å². The van der Waals surface area contributed by atoms with Crippen molar-refractivity contribution in [2.24, 2.45) is 17.3 Å². The zero-order valence-electron chi connectivity index (χ0n) is 17.4. The zero-order valence-corrected chi connectivity index (χ0v) is 17.4. The molecule has 8 nitrogen and oxygen atoms in total. The summed E-state index contributed by atoms with van der Waals surface area (Å²) in [6.45, 7) is 9.19. The molecule has 0 spiro atoms. The Morgan fingerprint density at radius 1 is 1.10 bits per heavy atom. The van der Waals surface area contributed by atoms with Crippen molar-refractivity contribution in [3.05, 3.63) is 12.2 Å². The monoisotopic (exact) mass is 416 g/mol. The van der Waals surface area contributed by atoms with E-state index in [1.54, 1.807) is 6.92 Å². The predicted molar refractivity (Wildman–Crippen MR) is 104 cm³/mol. The van der Waals surface area contributed by atoms with Gasteiger partial charge >= 0.3 is 0 Å². The van der Waals surface area contributed by atoms with Gasteiger partial charge in [-0.2, -0.15) is 0 Å². The number of ether oxygens (including phenoxy) is 2. The number of hydrogen-bond acceptors (Lipinski definition) is 8. The molecule has 0 amide bonds. The lowest BCUT2D eigenvalue weighted by Crippen LogP contribution is -2.66. The molecule has 29 heavy (non-hydrogen) atoms. The van der Waals surface area contributed by atoms with E-state index in [2.05, 4.69) is 13.5 Å². The fourth-order valence-corrected chi connectivity index (χ4v) is 5.75. The fourth-order valence-electron chi connectivity index (χ4n) is 5.75. The maximum Gasteiger partial charge on any atom is 0.187 e. The van der Waals surface area contributed by atoms with Crippen LogP contribution in [0.25, 0.3) is 0 Å². The van der Waals surface area contributed by atoms with Crippen LogP contribution in [0.2, 0.25) is 0 Å². The van der Waals surface area contributed by atoms with Crippen LogP contribution >= 0.6 is 0 Å². The first-order valence-electron chi connectivity index (χ1n) is 10.4. The van der Waals surface area contributed by atoms with Gasteiger partial charge in [0.2, 0.25) is 0 Å². The highest BCUT2D eigenvalue weighted by Gasteiger charge is 2.60. The van der Waals surface area contributed by atoms with Crippen LogP contribution in [0, 0.1) is 17.3 Å². The zero-order chi connectivity index (χ0) is 21.7. The molecule has 3 aliphatic rings. The molecule has 2 saturated carbocycles. The van der Waals surface area contributed by atoms with Crippen molar-refractivity contribution in [1.82, 2.24) is 0 Å². The van der Waals surface area contributed by atoms with Gasteiger partial charge in [0.25, 0.3) is 0 Å². The van der Waals surface area contributed by atoms with Crippen molar-refractivity contribution in [2.75, 3.05) is 6.61 Å². The van der Waals surface area contributed by atoms with Gasteiger partial charge in [-0.1, -0.05) is 19.1 Å². The van der Waals surface area contributed by atoms with Crippen LogP contribution in [-0.4, -0.2) is 85.8 Å². The molecule has 0 aromatic rings. The van der Waals surface area contributed by atoms with Crippen LogP contribution in [0.15, 0.2) is 12.2 Å². The normalized spacial score (nSPS) is 53.3. The van der Waals surface area contributed by atoms with Crippen molar-refractivity contribution >= 4 is 0 Å². The molecule has 0 bridgehead atoms. The molecule has 0 unspecified atom stereocenters. The minimum Gasteiger partial charge on any atom is -0.394 e. The van der Waals surface area contributed by atoms with Crippen LogP contribution in [0.1, 0.15) is 46.5 Å². The minimum absolute atomic E-state index is 0.129. The van der Waals surface area contributed by atoms with Crippen LogP contribution in [0.5, 0.6) is 0 Å². The van der Waals surface area contributed by atoms with Gasteiger partial charge in [0, 0.05) is 5.92 Å². The van der Waals surface area contributed by atoms with Gasteiger partial charge in [-0.05, 0) is 50.9 Å². The van der Waals surface area contributed by atoms with Gasteiger partial charge in [0.1, 0.15) is 24.4 Å². The van der Waals surface area contributed by atoms with E-state index in [-0.39, 0.29) is 17.3 Å². The van der Waals surface area contributed by atoms with Gasteiger partial charge in [-0.15, -0.1) is 0 Å². The molecule has 168 valence electrons. The van der Waals surface area contributed by atoms with Crippen LogP contribution in [0.3, 0.4) is 0 Å². The Balaban J connectivity index is 1.90. The van der Waals surface area contributed by atoms with E-state index in [9.17, 15) is 30.6 Å².